The molecule has 0 bridgehead atoms. The third-order valence-electron chi connectivity index (χ3n) is 5.13. The third kappa shape index (κ3) is 18.7. The molecule has 0 aliphatic carbocycles. The van der Waals surface area contributed by atoms with Gasteiger partial charge < -0.3 is 53.2 Å². The summed E-state index contributed by atoms with van der Waals surface area (Å²) in [4.78, 5) is 92.8. The van der Waals surface area contributed by atoms with Gasteiger partial charge in [0, 0.05) is 37.4 Å². The first-order valence-corrected chi connectivity index (χ1v) is 14.9. The molecule has 12 N–H and O–H groups in total. The highest BCUT2D eigenvalue weighted by atomic mass is 33.1. The molecule has 0 spiro atoms. The zero-order valence-corrected chi connectivity index (χ0v) is 24.0. The fourth-order valence-electron chi connectivity index (χ4n) is 2.78. The van der Waals surface area contributed by atoms with Gasteiger partial charge >= 0.3 is 23.9 Å². The summed E-state index contributed by atoms with van der Waals surface area (Å²) >= 11 is 0. The summed E-state index contributed by atoms with van der Waals surface area (Å²) in [6.07, 6.45) is -1.77. The van der Waals surface area contributed by atoms with Gasteiger partial charge in [0.2, 0.25) is 23.6 Å². The van der Waals surface area contributed by atoms with Gasteiger partial charge in [-0.1, -0.05) is 21.6 Å². The predicted octanol–water partition coefficient (Wildman–Crippen LogP) is -3.10. The molecule has 42 heavy (non-hydrogen) atoms. The average Bonchev–Trinajstić information content (AvgIpc) is 2.90. The van der Waals surface area contributed by atoms with Crippen molar-refractivity contribution in [3.63, 3.8) is 0 Å². The van der Waals surface area contributed by atoms with Crippen LogP contribution < -0.4 is 32.7 Å². The molecular weight excluding hydrogens is 604 g/mol. The summed E-state index contributed by atoms with van der Waals surface area (Å²) in [5.74, 6) is -7.92. The van der Waals surface area contributed by atoms with Crippen LogP contribution in [0.15, 0.2) is 0 Å². The van der Waals surface area contributed by atoms with Crippen LogP contribution in [0.2, 0.25) is 0 Å². The number of rotatable bonds is 23. The van der Waals surface area contributed by atoms with Crippen molar-refractivity contribution in [3.8, 4) is 0 Å². The van der Waals surface area contributed by atoms with E-state index in [4.69, 9.17) is 31.9 Å². The molecular formula is C22H36N6O12S2. The molecule has 0 aliphatic rings. The van der Waals surface area contributed by atoms with Crippen LogP contribution >= 0.6 is 21.6 Å². The maximum atomic E-state index is 12.6. The number of nitrogens with one attached hydrogen (secondary N) is 4. The van der Waals surface area contributed by atoms with Crippen LogP contribution in [0.1, 0.15) is 38.5 Å². The van der Waals surface area contributed by atoms with E-state index in [-0.39, 0.29) is 63.1 Å². The Labute approximate surface area is 247 Å². The Morgan fingerprint density at radius 1 is 0.571 bits per heavy atom. The number of carboxylic acids is 4. The predicted molar refractivity (Wildman–Crippen MR) is 149 cm³/mol. The van der Waals surface area contributed by atoms with E-state index in [1.807, 2.05) is 0 Å². The van der Waals surface area contributed by atoms with E-state index >= 15 is 0 Å². The van der Waals surface area contributed by atoms with Crippen molar-refractivity contribution in [1.82, 2.24) is 21.3 Å². The van der Waals surface area contributed by atoms with Crippen LogP contribution in [0, 0.1) is 0 Å². The lowest BCUT2D eigenvalue weighted by Crippen LogP contribution is -2.49. The minimum absolute atomic E-state index is 0.0882. The quantitative estimate of drug-likeness (QED) is 0.0390. The highest BCUT2D eigenvalue weighted by molar-refractivity contribution is 8.76. The topological polar surface area (TPSA) is 318 Å². The van der Waals surface area contributed by atoms with Crippen LogP contribution in [0.3, 0.4) is 0 Å². The molecule has 0 saturated heterocycles. The highest BCUT2D eigenvalue weighted by Gasteiger charge is 2.25. The zero-order chi connectivity index (χ0) is 32.2. The molecule has 0 saturated carbocycles. The minimum Gasteiger partial charge on any atom is -0.481 e. The summed E-state index contributed by atoms with van der Waals surface area (Å²) in [5, 5.41) is 44.8. The Morgan fingerprint density at radius 2 is 0.905 bits per heavy atom. The number of hydrogen-bond donors (Lipinski definition) is 10. The van der Waals surface area contributed by atoms with Gasteiger partial charge in [0.05, 0.1) is 12.8 Å². The molecule has 0 heterocycles. The maximum absolute atomic E-state index is 12.6. The number of carbonyl (C=O) groups is 8. The van der Waals surface area contributed by atoms with Crippen LogP contribution in [0.5, 0.6) is 0 Å². The average molecular weight is 641 g/mol. The lowest BCUT2D eigenvalue weighted by Gasteiger charge is -2.20. The Bertz CT molecular complexity index is 910. The summed E-state index contributed by atoms with van der Waals surface area (Å²) in [6, 6.07) is -4.95. The minimum atomic E-state index is -1.31. The van der Waals surface area contributed by atoms with E-state index in [1.165, 1.54) is 0 Å². The van der Waals surface area contributed by atoms with E-state index in [0.29, 0.717) is 0 Å². The van der Waals surface area contributed by atoms with Crippen molar-refractivity contribution in [2.24, 2.45) is 11.5 Å². The molecule has 238 valence electrons. The van der Waals surface area contributed by atoms with Gasteiger partial charge in [-0.05, 0) is 12.8 Å². The second kappa shape index (κ2) is 21.1. The SMILES string of the molecule is NC(CCC(=O)NC(CSSCC(NC(=O)CCC(N)C(=O)O)C(=O)NCCC(=O)O)C(=O)NCCC(=O)O)C(=O)O. The molecule has 0 aromatic heterocycles. The number of hydrogen-bond acceptors (Lipinski definition) is 12. The molecule has 0 aromatic carbocycles. The van der Waals surface area contributed by atoms with Crippen LogP contribution in [0.4, 0.5) is 0 Å². The number of aliphatic carboxylic acids is 4. The molecule has 0 radical (unpaired) electrons. The van der Waals surface area contributed by atoms with Crippen molar-refractivity contribution in [2.45, 2.75) is 62.7 Å². The number of amides is 4. The summed E-state index contributed by atoms with van der Waals surface area (Å²) in [5.41, 5.74) is 10.8. The smallest absolute Gasteiger partial charge is 0.320 e. The van der Waals surface area contributed by atoms with Crippen molar-refractivity contribution in [3.05, 3.63) is 0 Å². The first-order valence-electron chi connectivity index (χ1n) is 12.4. The van der Waals surface area contributed by atoms with Crippen LogP contribution in [0.25, 0.3) is 0 Å². The Kier molecular flexibility index (Phi) is 19.3. The monoisotopic (exact) mass is 640 g/mol. The fourth-order valence-corrected chi connectivity index (χ4v) is 5.11. The van der Waals surface area contributed by atoms with Crippen molar-refractivity contribution in [2.75, 3.05) is 24.6 Å². The Balaban J connectivity index is 5.23. The van der Waals surface area contributed by atoms with Gasteiger partial charge in [0.25, 0.3) is 0 Å². The molecule has 0 aromatic rings. The van der Waals surface area contributed by atoms with Gasteiger partial charge in [-0.15, -0.1) is 0 Å². The second-order valence-electron chi connectivity index (χ2n) is 8.65. The summed E-state index contributed by atoms with van der Waals surface area (Å²) in [6.45, 7) is -0.448. The molecule has 0 fully saturated rings. The third-order valence-corrected chi connectivity index (χ3v) is 7.55. The standard InChI is InChI=1S/C22H36N6O12S2/c23-11(21(37)38)1-3-15(29)27-13(19(35)25-7-5-17(31)32)9-41-42-10-14(20(36)26-8-6-18(33)34)28-16(30)4-2-12(24)22(39)40/h11-14H,1-10,23-24H2,(H,25,35)(H,26,36)(H,27,29)(H,28,30)(H,31,32)(H,33,34)(H,37,38)(H,39,40). The molecule has 4 atom stereocenters. The van der Waals surface area contributed by atoms with Gasteiger partial charge in [0.1, 0.15) is 24.2 Å². The lowest BCUT2D eigenvalue weighted by atomic mass is 10.1. The van der Waals surface area contributed by atoms with E-state index in [2.05, 4.69) is 21.3 Å². The van der Waals surface area contributed by atoms with Crippen molar-refractivity contribution in [1.29, 1.82) is 0 Å². The van der Waals surface area contributed by atoms with E-state index in [1.54, 1.807) is 0 Å². The van der Waals surface area contributed by atoms with Crippen LogP contribution in [-0.2, 0) is 38.4 Å². The summed E-state index contributed by atoms with van der Waals surface area (Å²) < 4.78 is 0. The molecule has 0 rings (SSSR count). The van der Waals surface area contributed by atoms with Crippen molar-refractivity contribution >= 4 is 69.1 Å². The van der Waals surface area contributed by atoms with Crippen LogP contribution in [-0.4, -0.2) is 117 Å². The maximum Gasteiger partial charge on any atom is 0.320 e. The molecule has 20 heteroatoms. The highest BCUT2D eigenvalue weighted by Crippen LogP contribution is 2.23. The first-order chi connectivity index (χ1) is 19.6. The summed E-state index contributed by atoms with van der Waals surface area (Å²) in [7, 11) is 2.01. The van der Waals surface area contributed by atoms with Gasteiger partial charge in [-0.3, -0.25) is 38.4 Å². The zero-order valence-electron chi connectivity index (χ0n) is 22.4. The largest absolute Gasteiger partial charge is 0.481 e. The van der Waals surface area contributed by atoms with E-state index < -0.39 is 71.7 Å². The number of nitrogens with two attached hydrogens (primary N) is 2. The van der Waals surface area contributed by atoms with Crippen molar-refractivity contribution < 1.29 is 58.8 Å². The molecule has 4 amide bonds. The van der Waals surface area contributed by atoms with E-state index in [0.717, 1.165) is 21.6 Å². The normalized spacial score (nSPS) is 13.5. The molecule has 18 nitrogen and oxygen atoms in total. The van der Waals surface area contributed by atoms with Gasteiger partial charge in [-0.2, -0.15) is 0 Å². The Morgan fingerprint density at radius 3 is 1.19 bits per heavy atom. The fraction of sp³-hybridized carbons (Fsp3) is 0.636. The van der Waals surface area contributed by atoms with Gasteiger partial charge in [-0.25, -0.2) is 0 Å². The second-order valence-corrected chi connectivity index (χ2v) is 11.2. The Hall–Kier alpha value is -3.62. The van der Waals surface area contributed by atoms with E-state index in [9.17, 15) is 38.4 Å². The first kappa shape index (κ1) is 38.4. The molecule has 4 unspecified atom stereocenters. The number of carboxylic acid groups (broad SMARTS) is 4. The lowest BCUT2D eigenvalue weighted by molar-refractivity contribution is -0.140. The number of carbonyl (C=O) groups excluding carboxylic acids is 4. The van der Waals surface area contributed by atoms with Gasteiger partial charge in [0.15, 0.2) is 0 Å². The molecule has 0 aliphatic heterocycles.